The zero-order valence-corrected chi connectivity index (χ0v) is 8.54. The molecule has 0 atom stereocenters. The first-order valence-electron chi connectivity index (χ1n) is 4.90. The predicted molar refractivity (Wildman–Crippen MR) is 55.1 cm³/mol. The highest BCUT2D eigenvalue weighted by Gasteiger charge is 2.24. The van der Waals surface area contributed by atoms with Gasteiger partial charge in [-0.3, -0.25) is 4.79 Å². The topological polar surface area (TPSA) is 26.3 Å². The highest BCUT2D eigenvalue weighted by atomic mass is 16.5. The summed E-state index contributed by atoms with van der Waals surface area (Å²) < 4.78 is 5.19. The van der Waals surface area contributed by atoms with Crippen molar-refractivity contribution in [3.05, 3.63) is 28.8 Å². The number of hydrogen-bond acceptors (Lipinski definition) is 2. The number of aldehydes is 1. The van der Waals surface area contributed by atoms with Crippen LogP contribution in [0.5, 0.6) is 5.75 Å². The molecule has 0 saturated heterocycles. The molecule has 14 heavy (non-hydrogen) atoms. The predicted octanol–water partition coefficient (Wildman–Crippen LogP) is 2.69. The normalized spacial score (nSPS) is 15.3. The van der Waals surface area contributed by atoms with Gasteiger partial charge in [0.2, 0.25) is 0 Å². The Labute approximate surface area is 83.9 Å². The van der Waals surface area contributed by atoms with Gasteiger partial charge in [0.25, 0.3) is 0 Å². The molecule has 74 valence electrons. The Morgan fingerprint density at radius 2 is 2.14 bits per heavy atom. The van der Waals surface area contributed by atoms with E-state index >= 15 is 0 Å². The second-order valence-electron chi connectivity index (χ2n) is 3.85. The summed E-state index contributed by atoms with van der Waals surface area (Å²) in [7, 11) is 1.60. The molecule has 0 heterocycles. The van der Waals surface area contributed by atoms with Gasteiger partial charge in [0.05, 0.1) is 12.7 Å². The van der Waals surface area contributed by atoms with E-state index in [2.05, 4.69) is 6.07 Å². The van der Waals surface area contributed by atoms with Crippen LogP contribution in [0.2, 0.25) is 0 Å². The first-order chi connectivity index (χ1) is 6.76. The molecule has 1 fully saturated rings. The Morgan fingerprint density at radius 1 is 1.43 bits per heavy atom. The minimum Gasteiger partial charge on any atom is -0.496 e. The molecule has 0 spiro atoms. The summed E-state index contributed by atoms with van der Waals surface area (Å²) in [5.74, 6) is 1.39. The molecule has 2 rings (SSSR count). The van der Waals surface area contributed by atoms with E-state index in [0.717, 1.165) is 11.8 Å². The van der Waals surface area contributed by atoms with E-state index in [1.54, 1.807) is 7.11 Å². The van der Waals surface area contributed by atoms with Gasteiger partial charge < -0.3 is 4.74 Å². The molecule has 0 radical (unpaired) electrons. The summed E-state index contributed by atoms with van der Waals surface area (Å²) in [5.41, 5.74) is 3.01. The Bertz CT molecular complexity index is 365. The van der Waals surface area contributed by atoms with Gasteiger partial charge in [0.1, 0.15) is 5.75 Å². The smallest absolute Gasteiger partial charge is 0.153 e. The van der Waals surface area contributed by atoms with Crippen LogP contribution in [-0.2, 0) is 0 Å². The summed E-state index contributed by atoms with van der Waals surface area (Å²) in [6.45, 7) is 1.98. The number of hydrogen-bond donors (Lipinski definition) is 0. The van der Waals surface area contributed by atoms with Gasteiger partial charge in [-0.2, -0.15) is 0 Å². The molecule has 0 aliphatic heterocycles. The molecule has 2 heteroatoms. The van der Waals surface area contributed by atoms with Crippen LogP contribution >= 0.6 is 0 Å². The zero-order chi connectivity index (χ0) is 10.1. The van der Waals surface area contributed by atoms with E-state index in [0.29, 0.717) is 17.2 Å². The number of methoxy groups -OCH3 is 1. The molecule has 1 aromatic carbocycles. The summed E-state index contributed by atoms with van der Waals surface area (Å²) in [6, 6.07) is 4.08. The van der Waals surface area contributed by atoms with Gasteiger partial charge in [-0.25, -0.2) is 0 Å². The van der Waals surface area contributed by atoms with Crippen molar-refractivity contribution in [2.24, 2.45) is 0 Å². The maximum atomic E-state index is 10.9. The van der Waals surface area contributed by atoms with Crippen LogP contribution in [0.15, 0.2) is 12.1 Å². The summed E-state index contributed by atoms with van der Waals surface area (Å²) in [6.07, 6.45) is 3.38. The summed E-state index contributed by atoms with van der Waals surface area (Å²) in [4.78, 5) is 10.9. The molecular weight excluding hydrogens is 176 g/mol. The average Bonchev–Trinajstić information content (AvgIpc) is 2.99. The lowest BCUT2D eigenvalue weighted by atomic mass is 10.0. The fourth-order valence-corrected chi connectivity index (χ4v) is 1.85. The second kappa shape index (κ2) is 3.45. The quantitative estimate of drug-likeness (QED) is 0.685. The minimum absolute atomic E-state index is 0.675. The molecule has 1 aliphatic carbocycles. The summed E-state index contributed by atoms with van der Waals surface area (Å²) in [5, 5.41) is 0. The Hall–Kier alpha value is -1.31. The third-order valence-electron chi connectivity index (χ3n) is 2.71. The van der Waals surface area contributed by atoms with Crippen molar-refractivity contribution in [3.8, 4) is 5.75 Å². The summed E-state index contributed by atoms with van der Waals surface area (Å²) >= 11 is 0. The molecule has 0 bridgehead atoms. The van der Waals surface area contributed by atoms with Crippen LogP contribution in [0.3, 0.4) is 0 Å². The Balaban J connectivity index is 2.48. The standard InChI is InChI=1S/C12H14O2/c1-8-5-10(9-3-4-9)6-11(7-13)12(8)14-2/h5-7,9H,3-4H2,1-2H3. The van der Waals surface area contributed by atoms with Crippen molar-refractivity contribution < 1.29 is 9.53 Å². The van der Waals surface area contributed by atoms with Crippen LogP contribution in [0.1, 0.15) is 40.2 Å². The molecule has 0 aromatic heterocycles. The van der Waals surface area contributed by atoms with E-state index < -0.39 is 0 Å². The number of carbonyl (C=O) groups is 1. The number of rotatable bonds is 3. The van der Waals surface area contributed by atoms with Crippen LogP contribution in [0, 0.1) is 6.92 Å². The molecule has 2 nitrogen and oxygen atoms in total. The molecule has 1 saturated carbocycles. The van der Waals surface area contributed by atoms with Crippen molar-refractivity contribution in [1.29, 1.82) is 0 Å². The van der Waals surface area contributed by atoms with Crippen molar-refractivity contribution in [1.82, 2.24) is 0 Å². The van der Waals surface area contributed by atoms with Gasteiger partial charge in [0.15, 0.2) is 6.29 Å². The molecule has 0 amide bonds. The maximum Gasteiger partial charge on any atom is 0.153 e. The van der Waals surface area contributed by atoms with Gasteiger partial charge in [0, 0.05) is 0 Å². The monoisotopic (exact) mass is 190 g/mol. The fourth-order valence-electron chi connectivity index (χ4n) is 1.85. The van der Waals surface area contributed by atoms with Crippen molar-refractivity contribution >= 4 is 6.29 Å². The van der Waals surface area contributed by atoms with Crippen LogP contribution in [0.4, 0.5) is 0 Å². The molecular formula is C12H14O2. The van der Waals surface area contributed by atoms with E-state index in [-0.39, 0.29) is 0 Å². The highest BCUT2D eigenvalue weighted by molar-refractivity contribution is 5.80. The van der Waals surface area contributed by atoms with Crippen LogP contribution < -0.4 is 4.74 Å². The van der Waals surface area contributed by atoms with E-state index in [1.165, 1.54) is 18.4 Å². The van der Waals surface area contributed by atoms with Gasteiger partial charge in [-0.05, 0) is 42.9 Å². The van der Waals surface area contributed by atoms with E-state index in [9.17, 15) is 4.79 Å². The molecule has 1 aliphatic rings. The van der Waals surface area contributed by atoms with Crippen molar-refractivity contribution in [3.63, 3.8) is 0 Å². The van der Waals surface area contributed by atoms with Crippen LogP contribution in [0.25, 0.3) is 0 Å². The number of ether oxygens (including phenoxy) is 1. The third kappa shape index (κ3) is 1.52. The van der Waals surface area contributed by atoms with Gasteiger partial charge in [-0.1, -0.05) is 6.07 Å². The largest absolute Gasteiger partial charge is 0.496 e. The highest BCUT2D eigenvalue weighted by Crippen LogP contribution is 2.42. The van der Waals surface area contributed by atoms with Crippen molar-refractivity contribution in [2.45, 2.75) is 25.7 Å². The second-order valence-corrected chi connectivity index (χ2v) is 3.85. The number of benzene rings is 1. The maximum absolute atomic E-state index is 10.9. The molecule has 0 N–H and O–H groups in total. The van der Waals surface area contributed by atoms with Crippen LogP contribution in [-0.4, -0.2) is 13.4 Å². The lowest BCUT2D eigenvalue weighted by Gasteiger charge is -2.09. The first kappa shape index (κ1) is 9.25. The minimum atomic E-state index is 0.675. The number of aryl methyl sites for hydroxylation is 1. The molecule has 0 unspecified atom stereocenters. The van der Waals surface area contributed by atoms with E-state index in [4.69, 9.17) is 4.74 Å². The third-order valence-corrected chi connectivity index (χ3v) is 2.71. The Kier molecular flexibility index (Phi) is 2.28. The van der Waals surface area contributed by atoms with Gasteiger partial charge in [-0.15, -0.1) is 0 Å². The average molecular weight is 190 g/mol. The first-order valence-corrected chi connectivity index (χ1v) is 4.90. The van der Waals surface area contributed by atoms with Crippen molar-refractivity contribution in [2.75, 3.05) is 7.11 Å². The fraction of sp³-hybridized carbons (Fsp3) is 0.417. The van der Waals surface area contributed by atoms with E-state index in [1.807, 2.05) is 13.0 Å². The Morgan fingerprint density at radius 3 is 2.64 bits per heavy atom. The lowest BCUT2D eigenvalue weighted by Crippen LogP contribution is -1.95. The zero-order valence-electron chi connectivity index (χ0n) is 8.54. The number of carbonyl (C=O) groups excluding carboxylic acids is 1. The lowest BCUT2D eigenvalue weighted by molar-refractivity contribution is 0.112. The van der Waals surface area contributed by atoms with Gasteiger partial charge >= 0.3 is 0 Å². The SMILES string of the molecule is COc1c(C)cc(C2CC2)cc1C=O. The molecule has 1 aromatic rings.